The van der Waals surface area contributed by atoms with E-state index < -0.39 is 0 Å². The molecule has 0 amide bonds. The molecule has 0 bridgehead atoms. The lowest BCUT2D eigenvalue weighted by molar-refractivity contribution is 0.217. The fraction of sp³-hybridized carbons (Fsp3) is 0.250. The van der Waals surface area contributed by atoms with E-state index in [4.69, 9.17) is 15.2 Å². The summed E-state index contributed by atoms with van der Waals surface area (Å²) in [6, 6.07) is 10.6. The molecule has 1 aliphatic rings. The Hall–Kier alpha value is -1.75. The topological polar surface area (TPSA) is 44.5 Å². The molecule has 2 aromatic rings. The van der Waals surface area contributed by atoms with Crippen LogP contribution in [-0.2, 0) is 0 Å². The number of nitrogen functional groups attached to an aromatic ring is 1. The van der Waals surface area contributed by atoms with E-state index in [2.05, 4.69) is 15.9 Å². The summed E-state index contributed by atoms with van der Waals surface area (Å²) in [7, 11) is 0. The minimum absolute atomic E-state index is 0.242. The van der Waals surface area contributed by atoms with Gasteiger partial charge in [0.1, 0.15) is 11.6 Å². The fourth-order valence-corrected chi connectivity index (χ4v) is 3.07. The van der Waals surface area contributed by atoms with Crippen molar-refractivity contribution in [3.05, 3.63) is 52.3 Å². The van der Waals surface area contributed by atoms with Crippen LogP contribution in [0.4, 0.5) is 10.1 Å². The quantitative estimate of drug-likeness (QED) is 0.846. The van der Waals surface area contributed by atoms with Gasteiger partial charge in [-0.1, -0.05) is 18.2 Å². The van der Waals surface area contributed by atoms with Gasteiger partial charge in [0.25, 0.3) is 0 Å². The molecule has 0 radical (unpaired) electrons. The van der Waals surface area contributed by atoms with E-state index in [-0.39, 0.29) is 11.7 Å². The van der Waals surface area contributed by atoms with Gasteiger partial charge in [0.05, 0.1) is 23.4 Å². The van der Waals surface area contributed by atoms with Crippen molar-refractivity contribution in [1.29, 1.82) is 0 Å². The lowest BCUT2D eigenvalue weighted by atomic mass is 9.94. The molecule has 2 N–H and O–H groups in total. The molecule has 1 aliphatic heterocycles. The minimum Gasteiger partial charge on any atom is -0.493 e. The second kappa shape index (κ2) is 5.93. The van der Waals surface area contributed by atoms with Crippen molar-refractivity contribution in [1.82, 2.24) is 0 Å². The van der Waals surface area contributed by atoms with Crippen molar-refractivity contribution >= 4 is 21.6 Å². The van der Waals surface area contributed by atoms with E-state index in [1.807, 2.05) is 24.3 Å². The third kappa shape index (κ3) is 2.97. The Labute approximate surface area is 131 Å². The van der Waals surface area contributed by atoms with Crippen LogP contribution in [0.15, 0.2) is 40.9 Å². The zero-order valence-corrected chi connectivity index (χ0v) is 12.9. The molecule has 1 unspecified atom stereocenters. The first-order valence-electron chi connectivity index (χ1n) is 6.74. The van der Waals surface area contributed by atoms with Crippen molar-refractivity contribution in [2.24, 2.45) is 0 Å². The van der Waals surface area contributed by atoms with Gasteiger partial charge in [0, 0.05) is 17.5 Å². The molecule has 21 heavy (non-hydrogen) atoms. The average molecular weight is 352 g/mol. The van der Waals surface area contributed by atoms with E-state index in [1.165, 1.54) is 12.1 Å². The van der Waals surface area contributed by atoms with Gasteiger partial charge in [-0.2, -0.15) is 0 Å². The molecule has 110 valence electrons. The number of hydrogen-bond donors (Lipinski definition) is 1. The summed E-state index contributed by atoms with van der Waals surface area (Å²) in [5, 5.41) is 0. The number of benzene rings is 2. The molecule has 3 rings (SSSR count). The lowest BCUT2D eigenvalue weighted by Crippen LogP contribution is -2.20. The van der Waals surface area contributed by atoms with Crippen molar-refractivity contribution in [3.63, 3.8) is 0 Å². The van der Waals surface area contributed by atoms with Crippen LogP contribution >= 0.6 is 15.9 Å². The van der Waals surface area contributed by atoms with Gasteiger partial charge in [-0.05, 0) is 34.5 Å². The number of rotatable bonds is 3. The van der Waals surface area contributed by atoms with Crippen molar-refractivity contribution < 1.29 is 13.9 Å². The van der Waals surface area contributed by atoms with Crippen molar-refractivity contribution in [2.75, 3.05) is 18.9 Å². The molecule has 0 saturated carbocycles. The Balaban J connectivity index is 1.78. The molecular formula is C16H15BrFNO2. The van der Waals surface area contributed by atoms with Gasteiger partial charge < -0.3 is 15.2 Å². The maximum Gasteiger partial charge on any atom is 0.156 e. The maximum atomic E-state index is 13.2. The van der Waals surface area contributed by atoms with Crippen LogP contribution in [0.3, 0.4) is 0 Å². The average Bonchev–Trinajstić information content (AvgIpc) is 2.46. The van der Waals surface area contributed by atoms with Crippen LogP contribution < -0.4 is 15.2 Å². The predicted molar refractivity (Wildman–Crippen MR) is 83.3 cm³/mol. The highest BCUT2D eigenvalue weighted by molar-refractivity contribution is 9.10. The highest BCUT2D eigenvalue weighted by Crippen LogP contribution is 2.36. The van der Waals surface area contributed by atoms with E-state index in [0.29, 0.717) is 29.1 Å². The molecule has 3 nitrogen and oxygen atoms in total. The van der Waals surface area contributed by atoms with Crippen molar-refractivity contribution in [2.45, 2.75) is 12.3 Å². The third-order valence-electron chi connectivity index (χ3n) is 3.55. The van der Waals surface area contributed by atoms with Gasteiger partial charge in [-0.3, -0.25) is 0 Å². The summed E-state index contributed by atoms with van der Waals surface area (Å²) < 4.78 is 25.2. The van der Waals surface area contributed by atoms with Gasteiger partial charge in [-0.15, -0.1) is 0 Å². The molecule has 0 saturated heterocycles. The first-order chi connectivity index (χ1) is 10.1. The van der Waals surface area contributed by atoms with Crippen LogP contribution in [-0.4, -0.2) is 13.2 Å². The Bertz CT molecular complexity index is 639. The SMILES string of the molecule is Nc1cc(F)cc(Br)c1OCC1CCOc2ccccc21. The summed E-state index contributed by atoms with van der Waals surface area (Å²) in [5.74, 6) is 1.25. The normalized spacial score (nSPS) is 17.0. The Morgan fingerprint density at radius 1 is 1.33 bits per heavy atom. The molecule has 5 heteroatoms. The number of ether oxygens (including phenoxy) is 2. The summed E-state index contributed by atoms with van der Waals surface area (Å²) >= 11 is 3.28. The molecule has 0 aliphatic carbocycles. The van der Waals surface area contributed by atoms with Crippen LogP contribution in [0.5, 0.6) is 11.5 Å². The van der Waals surface area contributed by atoms with E-state index in [9.17, 15) is 4.39 Å². The summed E-state index contributed by atoms with van der Waals surface area (Å²) in [6.07, 6.45) is 0.885. The van der Waals surface area contributed by atoms with E-state index in [0.717, 1.165) is 17.7 Å². The largest absolute Gasteiger partial charge is 0.493 e. The molecule has 1 atom stereocenters. The van der Waals surface area contributed by atoms with Crippen LogP contribution in [0.1, 0.15) is 17.9 Å². The van der Waals surface area contributed by atoms with Gasteiger partial charge in [0.2, 0.25) is 0 Å². The van der Waals surface area contributed by atoms with Gasteiger partial charge in [0.15, 0.2) is 5.75 Å². The lowest BCUT2D eigenvalue weighted by Gasteiger charge is -2.26. The molecule has 1 heterocycles. The zero-order chi connectivity index (χ0) is 14.8. The Morgan fingerprint density at radius 3 is 2.95 bits per heavy atom. The van der Waals surface area contributed by atoms with Gasteiger partial charge >= 0.3 is 0 Å². The number of para-hydroxylation sites is 1. The number of halogens is 2. The van der Waals surface area contributed by atoms with E-state index in [1.54, 1.807) is 0 Å². The monoisotopic (exact) mass is 351 g/mol. The molecular weight excluding hydrogens is 337 g/mol. The summed E-state index contributed by atoms with van der Waals surface area (Å²) in [4.78, 5) is 0. The third-order valence-corrected chi connectivity index (χ3v) is 4.14. The number of nitrogens with two attached hydrogens (primary N) is 1. The predicted octanol–water partition coefficient (Wildman–Crippen LogP) is 4.12. The number of fused-ring (bicyclic) bond motifs is 1. The number of anilines is 1. The first kappa shape index (κ1) is 14.2. The summed E-state index contributed by atoms with van der Waals surface area (Å²) in [6.45, 7) is 1.15. The molecule has 0 fully saturated rings. The maximum absolute atomic E-state index is 13.2. The van der Waals surface area contributed by atoms with Crippen LogP contribution in [0.2, 0.25) is 0 Å². The Morgan fingerprint density at radius 2 is 2.14 bits per heavy atom. The second-order valence-electron chi connectivity index (χ2n) is 4.99. The summed E-state index contributed by atoms with van der Waals surface area (Å²) in [5.41, 5.74) is 7.25. The zero-order valence-electron chi connectivity index (χ0n) is 11.3. The fourth-order valence-electron chi connectivity index (χ4n) is 2.51. The van der Waals surface area contributed by atoms with Crippen LogP contribution in [0, 0.1) is 5.82 Å². The standard InChI is InChI=1S/C16H15BrFNO2/c17-13-7-11(18)8-14(19)16(13)21-9-10-5-6-20-15-4-2-1-3-12(10)15/h1-4,7-8,10H,5-6,9,19H2. The smallest absolute Gasteiger partial charge is 0.156 e. The molecule has 2 aromatic carbocycles. The highest BCUT2D eigenvalue weighted by Gasteiger charge is 2.22. The Kier molecular flexibility index (Phi) is 4.01. The first-order valence-corrected chi connectivity index (χ1v) is 7.53. The number of hydrogen-bond acceptors (Lipinski definition) is 3. The molecule has 0 aromatic heterocycles. The van der Waals surface area contributed by atoms with Gasteiger partial charge in [-0.25, -0.2) is 4.39 Å². The van der Waals surface area contributed by atoms with E-state index >= 15 is 0 Å². The highest BCUT2D eigenvalue weighted by atomic mass is 79.9. The minimum atomic E-state index is -0.386. The van der Waals surface area contributed by atoms with Crippen molar-refractivity contribution in [3.8, 4) is 11.5 Å². The van der Waals surface area contributed by atoms with Crippen LogP contribution in [0.25, 0.3) is 0 Å². The second-order valence-corrected chi connectivity index (χ2v) is 5.84. The molecule has 0 spiro atoms.